The maximum absolute atomic E-state index is 2.34. The van der Waals surface area contributed by atoms with E-state index in [1.54, 1.807) is 0 Å². The topological polar surface area (TPSA) is 0 Å². The summed E-state index contributed by atoms with van der Waals surface area (Å²) in [7, 11) is 0. The lowest BCUT2D eigenvalue weighted by Gasteiger charge is -1.95. The van der Waals surface area contributed by atoms with E-state index in [4.69, 9.17) is 0 Å². The van der Waals surface area contributed by atoms with Crippen molar-refractivity contribution in [2.45, 2.75) is 19.8 Å². The first-order chi connectivity index (χ1) is 5.30. The maximum atomic E-state index is 2.34. The first-order valence-corrected chi connectivity index (χ1v) is 4.35. The van der Waals surface area contributed by atoms with Gasteiger partial charge in [-0.1, -0.05) is 44.2 Å². The van der Waals surface area contributed by atoms with E-state index in [0.29, 0.717) is 0 Å². The van der Waals surface area contributed by atoms with E-state index < -0.39 is 0 Å². The zero-order chi connectivity index (χ0) is 7.84. The van der Waals surface area contributed by atoms with Crippen molar-refractivity contribution in [1.29, 1.82) is 0 Å². The molecule has 1 aromatic rings. The van der Waals surface area contributed by atoms with E-state index in [2.05, 4.69) is 44.2 Å². The summed E-state index contributed by atoms with van der Waals surface area (Å²) in [4.78, 5) is 0. The largest absolute Gasteiger partial charge is 0.0622 e. The lowest BCUT2D eigenvalue weighted by molar-refractivity contribution is 0.834. The van der Waals surface area contributed by atoms with Crippen molar-refractivity contribution in [3.8, 4) is 0 Å². The lowest BCUT2D eigenvalue weighted by Crippen LogP contribution is -1.78. The molecule has 0 heterocycles. The monoisotopic (exact) mass is 146 g/mol. The maximum Gasteiger partial charge on any atom is -0.0105 e. The molecule has 1 saturated carbocycles. The third-order valence-corrected chi connectivity index (χ3v) is 3.01. The Morgan fingerprint density at radius 1 is 0.909 bits per heavy atom. The highest BCUT2D eigenvalue weighted by molar-refractivity contribution is 5.26. The van der Waals surface area contributed by atoms with Crippen LogP contribution in [0.25, 0.3) is 0 Å². The molecular formula is C11H14. The second-order valence-corrected chi connectivity index (χ2v) is 3.65. The summed E-state index contributed by atoms with van der Waals surface area (Å²) >= 11 is 0. The normalized spacial score (nSPS) is 35.3. The Morgan fingerprint density at radius 3 is 1.91 bits per heavy atom. The molecule has 11 heavy (non-hydrogen) atoms. The molecule has 0 bridgehead atoms. The minimum Gasteiger partial charge on any atom is -0.0622 e. The minimum absolute atomic E-state index is 0.844. The Hall–Kier alpha value is -0.780. The molecule has 0 amide bonds. The summed E-state index contributed by atoms with van der Waals surface area (Å²) in [6.45, 7) is 4.67. The zero-order valence-corrected chi connectivity index (χ0v) is 7.12. The highest BCUT2D eigenvalue weighted by Gasteiger charge is 2.43. The van der Waals surface area contributed by atoms with Gasteiger partial charge >= 0.3 is 0 Å². The fourth-order valence-corrected chi connectivity index (χ4v) is 1.95. The van der Waals surface area contributed by atoms with E-state index in [1.807, 2.05) is 0 Å². The molecule has 2 rings (SSSR count). The van der Waals surface area contributed by atoms with Gasteiger partial charge in [0.05, 0.1) is 0 Å². The average Bonchev–Trinajstić information content (AvgIpc) is 2.62. The molecule has 0 aliphatic heterocycles. The third-order valence-electron chi connectivity index (χ3n) is 3.01. The second kappa shape index (κ2) is 2.37. The van der Waals surface area contributed by atoms with Crippen molar-refractivity contribution >= 4 is 0 Å². The van der Waals surface area contributed by atoms with Crippen molar-refractivity contribution in [3.63, 3.8) is 0 Å². The van der Waals surface area contributed by atoms with Crippen LogP contribution in [0, 0.1) is 11.8 Å². The number of hydrogen-bond acceptors (Lipinski definition) is 0. The predicted molar refractivity (Wildman–Crippen MR) is 47.5 cm³/mol. The molecule has 0 N–H and O–H groups in total. The van der Waals surface area contributed by atoms with Crippen LogP contribution in [0.2, 0.25) is 0 Å². The standard InChI is InChI=1S/C11H14/c1-8-9(2)11(8)10-6-4-3-5-7-10/h3-9,11H,1-2H3/t8-,9-/m0/s1. The van der Waals surface area contributed by atoms with Gasteiger partial charge in [-0.3, -0.25) is 0 Å². The Morgan fingerprint density at radius 2 is 1.45 bits per heavy atom. The minimum atomic E-state index is 0.844. The highest BCUT2D eigenvalue weighted by atomic mass is 14.5. The fourth-order valence-electron chi connectivity index (χ4n) is 1.95. The first kappa shape index (κ1) is 6.90. The first-order valence-electron chi connectivity index (χ1n) is 4.35. The number of rotatable bonds is 1. The Bertz CT molecular complexity index is 229. The molecule has 2 atom stereocenters. The van der Waals surface area contributed by atoms with Crippen LogP contribution in [-0.2, 0) is 0 Å². The summed E-state index contributed by atoms with van der Waals surface area (Å²) in [6, 6.07) is 10.8. The SMILES string of the molecule is C[C@@H]1C(c2ccccc2)[C@H]1C. The molecule has 0 unspecified atom stereocenters. The molecular weight excluding hydrogens is 132 g/mol. The van der Waals surface area contributed by atoms with Crippen LogP contribution in [0.5, 0.6) is 0 Å². The summed E-state index contributed by atoms with van der Waals surface area (Å²) in [5.74, 6) is 2.64. The van der Waals surface area contributed by atoms with Crippen molar-refractivity contribution < 1.29 is 0 Å². The van der Waals surface area contributed by atoms with Crippen LogP contribution in [0.15, 0.2) is 30.3 Å². The molecule has 1 aliphatic rings. The Labute approximate surface area is 68.3 Å². The van der Waals surface area contributed by atoms with Gasteiger partial charge in [-0.15, -0.1) is 0 Å². The van der Waals surface area contributed by atoms with Gasteiger partial charge in [-0.05, 0) is 23.3 Å². The molecule has 0 aromatic heterocycles. The highest BCUT2D eigenvalue weighted by Crippen LogP contribution is 2.52. The number of benzene rings is 1. The van der Waals surface area contributed by atoms with Crippen molar-refractivity contribution in [2.75, 3.05) is 0 Å². The fraction of sp³-hybridized carbons (Fsp3) is 0.455. The van der Waals surface area contributed by atoms with E-state index in [0.717, 1.165) is 17.8 Å². The van der Waals surface area contributed by atoms with Crippen LogP contribution >= 0.6 is 0 Å². The lowest BCUT2D eigenvalue weighted by atomic mass is 10.1. The molecule has 0 spiro atoms. The van der Waals surface area contributed by atoms with Gasteiger partial charge in [0, 0.05) is 0 Å². The summed E-state index contributed by atoms with van der Waals surface area (Å²) in [5.41, 5.74) is 1.52. The van der Waals surface area contributed by atoms with Gasteiger partial charge < -0.3 is 0 Å². The summed E-state index contributed by atoms with van der Waals surface area (Å²) in [5, 5.41) is 0. The average molecular weight is 146 g/mol. The van der Waals surface area contributed by atoms with Crippen LogP contribution < -0.4 is 0 Å². The van der Waals surface area contributed by atoms with E-state index in [9.17, 15) is 0 Å². The van der Waals surface area contributed by atoms with Gasteiger partial charge in [0.1, 0.15) is 0 Å². The van der Waals surface area contributed by atoms with Crippen LogP contribution in [0.1, 0.15) is 25.3 Å². The molecule has 0 heteroatoms. The Balaban J connectivity index is 2.20. The second-order valence-electron chi connectivity index (χ2n) is 3.65. The van der Waals surface area contributed by atoms with Crippen molar-refractivity contribution in [1.82, 2.24) is 0 Å². The van der Waals surface area contributed by atoms with Gasteiger partial charge in [-0.2, -0.15) is 0 Å². The summed E-state index contributed by atoms with van der Waals surface area (Å²) in [6.07, 6.45) is 0. The zero-order valence-electron chi connectivity index (χ0n) is 7.12. The quantitative estimate of drug-likeness (QED) is 0.571. The molecule has 1 aliphatic carbocycles. The molecule has 58 valence electrons. The molecule has 0 radical (unpaired) electrons. The third kappa shape index (κ3) is 1.07. The Kier molecular flexibility index (Phi) is 1.49. The van der Waals surface area contributed by atoms with Gasteiger partial charge in [0.2, 0.25) is 0 Å². The summed E-state index contributed by atoms with van der Waals surface area (Å²) < 4.78 is 0. The van der Waals surface area contributed by atoms with Crippen molar-refractivity contribution in [2.24, 2.45) is 11.8 Å². The molecule has 0 saturated heterocycles. The van der Waals surface area contributed by atoms with Crippen LogP contribution in [0.4, 0.5) is 0 Å². The van der Waals surface area contributed by atoms with Crippen LogP contribution in [0.3, 0.4) is 0 Å². The van der Waals surface area contributed by atoms with Gasteiger partial charge in [-0.25, -0.2) is 0 Å². The van der Waals surface area contributed by atoms with E-state index in [1.165, 1.54) is 5.56 Å². The molecule has 0 nitrogen and oxygen atoms in total. The van der Waals surface area contributed by atoms with Gasteiger partial charge in [0.25, 0.3) is 0 Å². The van der Waals surface area contributed by atoms with Crippen molar-refractivity contribution in [3.05, 3.63) is 35.9 Å². The van der Waals surface area contributed by atoms with Crippen LogP contribution in [-0.4, -0.2) is 0 Å². The van der Waals surface area contributed by atoms with E-state index in [-0.39, 0.29) is 0 Å². The number of hydrogen-bond donors (Lipinski definition) is 0. The smallest absolute Gasteiger partial charge is 0.0105 e. The van der Waals surface area contributed by atoms with Gasteiger partial charge in [0.15, 0.2) is 0 Å². The predicted octanol–water partition coefficient (Wildman–Crippen LogP) is 3.06. The molecule has 1 fully saturated rings. The molecule has 1 aromatic carbocycles. The van der Waals surface area contributed by atoms with E-state index >= 15 is 0 Å².